The normalized spacial score (nSPS) is 23.6. The van der Waals surface area contributed by atoms with Crippen molar-refractivity contribution < 1.29 is 9.28 Å². The summed E-state index contributed by atoms with van der Waals surface area (Å²) in [5, 5.41) is 5.14. The average molecular weight is 200 g/mol. The number of hydrogen-bond donors (Lipinski definition) is 1. The fourth-order valence-electron chi connectivity index (χ4n) is 1.32. The molecule has 1 unspecified atom stereocenters. The fourth-order valence-corrected chi connectivity index (χ4v) is 2.11. The van der Waals surface area contributed by atoms with Crippen LogP contribution in [0.2, 0.25) is 0 Å². The molecule has 1 aromatic rings. The molecule has 0 aliphatic carbocycles. The maximum Gasteiger partial charge on any atom is 0.272 e. The van der Waals surface area contributed by atoms with Gasteiger partial charge in [-0.1, -0.05) is 10.5 Å². The second kappa shape index (κ2) is 3.43. The molecule has 70 valence electrons. The predicted molar refractivity (Wildman–Crippen MR) is 47.9 cm³/mol. The maximum atomic E-state index is 12.9. The summed E-state index contributed by atoms with van der Waals surface area (Å²) in [5.41, 5.74) is 0. The molecule has 1 amide bonds. The predicted octanol–water partition coefficient (Wildman–Crippen LogP) is 1.11. The van der Waals surface area contributed by atoms with E-state index in [9.17, 15) is 9.28 Å². The molecule has 2 heterocycles. The van der Waals surface area contributed by atoms with Crippen LogP contribution in [0.4, 0.5) is 4.48 Å². The van der Waals surface area contributed by atoms with Crippen molar-refractivity contribution in [2.24, 2.45) is 0 Å². The summed E-state index contributed by atoms with van der Waals surface area (Å²) in [6.45, 7) is 0.644. The minimum absolute atomic E-state index is 0.140. The molecular weight excluding hydrogens is 191 g/mol. The van der Waals surface area contributed by atoms with E-state index in [1.54, 1.807) is 0 Å². The zero-order valence-electron chi connectivity index (χ0n) is 6.87. The Morgan fingerprint density at radius 3 is 3.23 bits per heavy atom. The van der Waals surface area contributed by atoms with Crippen LogP contribution < -0.4 is 5.32 Å². The van der Waals surface area contributed by atoms with E-state index in [2.05, 4.69) is 5.32 Å². The zero-order valence-corrected chi connectivity index (χ0v) is 7.68. The Morgan fingerprint density at radius 2 is 2.54 bits per heavy atom. The molecule has 0 saturated carbocycles. The molecule has 0 aromatic carbocycles. The lowest BCUT2D eigenvalue weighted by molar-refractivity contribution is -0.152. The minimum atomic E-state index is -0.492. The largest absolute Gasteiger partial charge is 0.300 e. The second-order valence-corrected chi connectivity index (χ2v) is 3.81. The standard InChI is InChI=1S/C8H9FN2OS/c9-11-4-3-10-7(8(11)12)6-2-1-5-13-6/h1-2,5,7,10H,3-4H2. The van der Waals surface area contributed by atoms with E-state index < -0.39 is 11.9 Å². The molecule has 0 spiro atoms. The highest BCUT2D eigenvalue weighted by molar-refractivity contribution is 7.10. The van der Waals surface area contributed by atoms with Crippen LogP contribution >= 0.6 is 11.3 Å². The van der Waals surface area contributed by atoms with Gasteiger partial charge >= 0.3 is 0 Å². The summed E-state index contributed by atoms with van der Waals surface area (Å²) in [6.07, 6.45) is 0. The number of hydrogen-bond acceptors (Lipinski definition) is 3. The molecule has 1 atom stereocenters. The van der Waals surface area contributed by atoms with Gasteiger partial charge in [-0.2, -0.15) is 5.12 Å². The summed E-state index contributed by atoms with van der Waals surface area (Å²) in [4.78, 5) is 12.2. The summed E-state index contributed by atoms with van der Waals surface area (Å²) in [5.74, 6) is -0.492. The van der Waals surface area contributed by atoms with Crippen LogP contribution in [0.25, 0.3) is 0 Å². The van der Waals surface area contributed by atoms with Crippen LogP contribution in [0, 0.1) is 0 Å². The van der Waals surface area contributed by atoms with E-state index >= 15 is 0 Å². The van der Waals surface area contributed by atoms with Gasteiger partial charge in [0.05, 0.1) is 6.54 Å². The summed E-state index contributed by atoms with van der Waals surface area (Å²) >= 11 is 1.46. The highest BCUT2D eigenvalue weighted by Gasteiger charge is 2.30. The Balaban J connectivity index is 2.19. The lowest BCUT2D eigenvalue weighted by Crippen LogP contribution is -2.46. The molecule has 1 aliphatic heterocycles. The number of carbonyl (C=O) groups is 1. The fraction of sp³-hybridized carbons (Fsp3) is 0.375. The van der Waals surface area contributed by atoms with Crippen molar-refractivity contribution in [3.63, 3.8) is 0 Å². The molecule has 2 rings (SSSR count). The summed E-state index contributed by atoms with van der Waals surface area (Å²) < 4.78 is 12.9. The highest BCUT2D eigenvalue weighted by Crippen LogP contribution is 2.22. The van der Waals surface area contributed by atoms with E-state index in [4.69, 9.17) is 0 Å². The molecule has 1 fully saturated rings. The third-order valence-electron chi connectivity index (χ3n) is 1.97. The SMILES string of the molecule is O=C1C(c2cccs2)NCCN1F. The minimum Gasteiger partial charge on any atom is -0.300 e. The van der Waals surface area contributed by atoms with Crippen molar-refractivity contribution in [2.75, 3.05) is 13.1 Å². The van der Waals surface area contributed by atoms with Gasteiger partial charge in [0.25, 0.3) is 5.91 Å². The Kier molecular flexibility index (Phi) is 2.28. The molecular formula is C8H9FN2OS. The number of rotatable bonds is 1. The van der Waals surface area contributed by atoms with Crippen molar-refractivity contribution >= 4 is 17.2 Å². The number of halogens is 1. The number of nitrogens with zero attached hydrogens (tertiary/aromatic N) is 1. The first-order valence-corrected chi connectivity index (χ1v) is 4.91. The monoisotopic (exact) mass is 200 g/mol. The van der Waals surface area contributed by atoms with E-state index in [1.807, 2.05) is 17.5 Å². The first kappa shape index (κ1) is 8.65. The van der Waals surface area contributed by atoms with E-state index in [-0.39, 0.29) is 11.7 Å². The zero-order chi connectivity index (χ0) is 9.26. The quantitative estimate of drug-likeness (QED) is 0.689. The number of amides is 1. The van der Waals surface area contributed by atoms with Crippen LogP contribution in [-0.4, -0.2) is 24.1 Å². The van der Waals surface area contributed by atoms with Gasteiger partial charge in [0.1, 0.15) is 6.04 Å². The third-order valence-corrected chi connectivity index (χ3v) is 2.91. The Labute approximate surface area is 79.1 Å². The highest BCUT2D eigenvalue weighted by atomic mass is 32.1. The van der Waals surface area contributed by atoms with Gasteiger partial charge in [-0.25, -0.2) is 0 Å². The van der Waals surface area contributed by atoms with Crippen LogP contribution in [0.15, 0.2) is 17.5 Å². The number of thiophene rings is 1. The van der Waals surface area contributed by atoms with E-state index in [0.29, 0.717) is 6.54 Å². The van der Waals surface area contributed by atoms with E-state index in [1.165, 1.54) is 11.3 Å². The van der Waals surface area contributed by atoms with Crippen LogP contribution in [0.1, 0.15) is 10.9 Å². The van der Waals surface area contributed by atoms with Crippen LogP contribution in [0.3, 0.4) is 0 Å². The second-order valence-electron chi connectivity index (χ2n) is 2.83. The van der Waals surface area contributed by atoms with Gasteiger partial charge in [0.2, 0.25) is 0 Å². The number of carbonyl (C=O) groups excluding carboxylic acids is 1. The Morgan fingerprint density at radius 1 is 1.69 bits per heavy atom. The van der Waals surface area contributed by atoms with E-state index in [0.717, 1.165) is 4.88 Å². The van der Waals surface area contributed by atoms with Crippen molar-refractivity contribution in [3.8, 4) is 0 Å². The molecule has 1 N–H and O–H groups in total. The summed E-state index contributed by atoms with van der Waals surface area (Å²) in [6, 6.07) is 3.20. The third kappa shape index (κ3) is 1.57. The van der Waals surface area contributed by atoms with Gasteiger partial charge in [-0.15, -0.1) is 11.3 Å². The molecule has 3 nitrogen and oxygen atoms in total. The average Bonchev–Trinajstić information content (AvgIpc) is 2.62. The topological polar surface area (TPSA) is 32.3 Å². The lowest BCUT2D eigenvalue weighted by Gasteiger charge is -2.25. The van der Waals surface area contributed by atoms with Gasteiger partial charge in [0.15, 0.2) is 0 Å². The molecule has 0 bridgehead atoms. The van der Waals surface area contributed by atoms with Gasteiger partial charge < -0.3 is 0 Å². The smallest absolute Gasteiger partial charge is 0.272 e. The molecule has 1 aliphatic rings. The molecule has 5 heteroatoms. The van der Waals surface area contributed by atoms with Gasteiger partial charge in [-0.05, 0) is 11.4 Å². The number of piperazine rings is 1. The molecule has 0 radical (unpaired) electrons. The molecule has 1 aromatic heterocycles. The molecule has 13 heavy (non-hydrogen) atoms. The van der Waals surface area contributed by atoms with Crippen LogP contribution in [0.5, 0.6) is 0 Å². The van der Waals surface area contributed by atoms with Crippen molar-refractivity contribution in [1.29, 1.82) is 0 Å². The number of nitrogens with one attached hydrogen (secondary N) is 1. The van der Waals surface area contributed by atoms with Crippen molar-refractivity contribution in [2.45, 2.75) is 6.04 Å². The van der Waals surface area contributed by atoms with Gasteiger partial charge in [0, 0.05) is 11.4 Å². The maximum absolute atomic E-state index is 12.9. The first-order valence-electron chi connectivity index (χ1n) is 4.03. The van der Waals surface area contributed by atoms with Crippen molar-refractivity contribution in [3.05, 3.63) is 22.4 Å². The van der Waals surface area contributed by atoms with Gasteiger partial charge in [-0.3, -0.25) is 10.1 Å². The Hall–Kier alpha value is -0.940. The Bertz CT molecular complexity index is 301. The molecule has 1 saturated heterocycles. The van der Waals surface area contributed by atoms with Crippen LogP contribution in [-0.2, 0) is 4.79 Å². The summed E-state index contributed by atoms with van der Waals surface area (Å²) in [7, 11) is 0. The first-order chi connectivity index (χ1) is 6.29. The lowest BCUT2D eigenvalue weighted by atomic mass is 10.2. The van der Waals surface area contributed by atoms with Crippen molar-refractivity contribution in [1.82, 2.24) is 10.4 Å².